The number of carbonyl (C=O) groups excluding carboxylic acids is 2. The molecule has 0 aliphatic carbocycles. The normalized spacial score (nSPS) is 14.5. The van der Waals surface area contributed by atoms with Crippen molar-refractivity contribution >= 4 is 29.0 Å². The molecule has 1 aliphatic rings. The second-order valence-corrected chi connectivity index (χ2v) is 4.82. The van der Waals surface area contributed by atoms with E-state index in [2.05, 4.69) is 9.64 Å². The van der Waals surface area contributed by atoms with Crippen LogP contribution in [0.5, 0.6) is 0 Å². The predicted molar refractivity (Wildman–Crippen MR) is 73.9 cm³/mol. The number of benzene rings is 1. The Balaban J connectivity index is 2.18. The van der Waals surface area contributed by atoms with E-state index in [1.807, 2.05) is 0 Å². The van der Waals surface area contributed by atoms with Gasteiger partial charge in [0.2, 0.25) is 0 Å². The van der Waals surface area contributed by atoms with Crippen LogP contribution in [0.25, 0.3) is 0 Å². The van der Waals surface area contributed by atoms with Gasteiger partial charge < -0.3 is 9.64 Å². The van der Waals surface area contributed by atoms with Crippen LogP contribution in [0, 0.1) is 0 Å². The molecule has 0 saturated carbocycles. The number of nitrogens with zero attached hydrogens (tertiary/aromatic N) is 1. The van der Waals surface area contributed by atoms with Crippen molar-refractivity contribution in [3.8, 4) is 0 Å². The van der Waals surface area contributed by atoms with Crippen LogP contribution in [0.15, 0.2) is 18.2 Å². The average molecular weight is 282 g/mol. The lowest BCUT2D eigenvalue weighted by molar-refractivity contribution is -0.137. The molecule has 0 radical (unpaired) electrons. The molecule has 19 heavy (non-hydrogen) atoms. The molecule has 4 nitrogen and oxygen atoms in total. The second kappa shape index (κ2) is 6.06. The first-order valence-electron chi connectivity index (χ1n) is 6.39. The van der Waals surface area contributed by atoms with Crippen molar-refractivity contribution in [2.24, 2.45) is 0 Å². The number of Topliss-reactive ketones (excluding diaryl/α,β-unsaturated/α-hetero) is 1. The number of carbonyl (C=O) groups is 2. The van der Waals surface area contributed by atoms with Gasteiger partial charge in [0.05, 0.1) is 17.3 Å². The smallest absolute Gasteiger partial charge is 0.379 e. The molecule has 1 fully saturated rings. The van der Waals surface area contributed by atoms with Crippen LogP contribution in [0.1, 0.15) is 30.1 Å². The number of esters is 1. The topological polar surface area (TPSA) is 46.6 Å². The fraction of sp³-hybridized carbons (Fsp3) is 0.429. The van der Waals surface area contributed by atoms with Crippen molar-refractivity contribution in [3.05, 3.63) is 28.8 Å². The number of ketones is 1. The average Bonchev–Trinajstić information content (AvgIpc) is 2.91. The van der Waals surface area contributed by atoms with E-state index in [4.69, 9.17) is 11.6 Å². The predicted octanol–water partition coefficient (Wildman–Crippen LogP) is 2.69. The monoisotopic (exact) mass is 281 g/mol. The summed E-state index contributed by atoms with van der Waals surface area (Å²) in [7, 11) is 0. The SMILES string of the molecule is CCOC(=O)C(=O)c1ccc(N2CCCC2)c(Cl)c1. The molecule has 5 heteroatoms. The molecule has 1 aromatic carbocycles. The molecule has 1 heterocycles. The third kappa shape index (κ3) is 3.07. The minimum absolute atomic E-state index is 0.185. The van der Waals surface area contributed by atoms with Gasteiger partial charge in [-0.25, -0.2) is 4.79 Å². The van der Waals surface area contributed by atoms with E-state index in [-0.39, 0.29) is 12.2 Å². The highest BCUT2D eigenvalue weighted by atomic mass is 35.5. The van der Waals surface area contributed by atoms with Crippen LogP contribution in [0.3, 0.4) is 0 Å². The Morgan fingerprint density at radius 2 is 2.00 bits per heavy atom. The fourth-order valence-electron chi connectivity index (χ4n) is 2.18. The van der Waals surface area contributed by atoms with E-state index in [1.165, 1.54) is 6.07 Å². The summed E-state index contributed by atoms with van der Waals surface area (Å²) in [4.78, 5) is 25.3. The molecule has 0 atom stereocenters. The molecule has 1 saturated heterocycles. The Bertz CT molecular complexity index is 495. The third-order valence-corrected chi connectivity index (χ3v) is 3.42. The number of hydrogen-bond donors (Lipinski definition) is 0. The molecule has 0 spiro atoms. The van der Waals surface area contributed by atoms with Gasteiger partial charge >= 0.3 is 5.97 Å². The fourth-order valence-corrected chi connectivity index (χ4v) is 2.48. The maximum atomic E-state index is 11.8. The molecule has 1 aliphatic heterocycles. The molecule has 0 aromatic heterocycles. The Kier molecular flexibility index (Phi) is 4.43. The quantitative estimate of drug-likeness (QED) is 0.484. The van der Waals surface area contributed by atoms with Crippen molar-refractivity contribution in [2.45, 2.75) is 19.8 Å². The van der Waals surface area contributed by atoms with Crippen LogP contribution < -0.4 is 4.90 Å². The van der Waals surface area contributed by atoms with Gasteiger partial charge in [0.1, 0.15) is 0 Å². The van der Waals surface area contributed by atoms with Crippen molar-refractivity contribution < 1.29 is 14.3 Å². The summed E-state index contributed by atoms with van der Waals surface area (Å²) < 4.78 is 4.69. The van der Waals surface area contributed by atoms with Crippen LogP contribution in [-0.2, 0) is 9.53 Å². The van der Waals surface area contributed by atoms with Gasteiger partial charge in [-0.2, -0.15) is 0 Å². The van der Waals surface area contributed by atoms with Gasteiger partial charge in [-0.3, -0.25) is 4.79 Å². The summed E-state index contributed by atoms with van der Waals surface area (Å²) in [6.07, 6.45) is 2.31. The number of ether oxygens (including phenoxy) is 1. The number of hydrogen-bond acceptors (Lipinski definition) is 4. The van der Waals surface area contributed by atoms with E-state index in [9.17, 15) is 9.59 Å². The zero-order chi connectivity index (χ0) is 13.8. The van der Waals surface area contributed by atoms with Crippen molar-refractivity contribution in [2.75, 3.05) is 24.6 Å². The molecule has 0 amide bonds. The first-order valence-corrected chi connectivity index (χ1v) is 6.77. The van der Waals surface area contributed by atoms with Gasteiger partial charge in [-0.15, -0.1) is 0 Å². The molecular weight excluding hydrogens is 266 g/mol. The van der Waals surface area contributed by atoms with Gasteiger partial charge in [0.25, 0.3) is 5.78 Å². The lowest BCUT2D eigenvalue weighted by atomic mass is 10.1. The highest BCUT2D eigenvalue weighted by Crippen LogP contribution is 2.29. The Labute approximate surface area is 117 Å². The highest BCUT2D eigenvalue weighted by Gasteiger charge is 2.20. The molecule has 102 valence electrons. The van der Waals surface area contributed by atoms with Crippen LogP contribution >= 0.6 is 11.6 Å². The van der Waals surface area contributed by atoms with Crippen LogP contribution in [0.4, 0.5) is 5.69 Å². The zero-order valence-electron chi connectivity index (χ0n) is 10.8. The number of anilines is 1. The number of halogens is 1. The van der Waals surface area contributed by atoms with Crippen molar-refractivity contribution in [1.82, 2.24) is 0 Å². The summed E-state index contributed by atoms with van der Waals surface area (Å²) in [6, 6.07) is 4.95. The lowest BCUT2D eigenvalue weighted by Gasteiger charge is -2.19. The second-order valence-electron chi connectivity index (χ2n) is 4.41. The maximum absolute atomic E-state index is 11.8. The van der Waals surface area contributed by atoms with Gasteiger partial charge in [0, 0.05) is 18.7 Å². The first-order chi connectivity index (χ1) is 9.13. The molecule has 0 unspecified atom stereocenters. The Hall–Kier alpha value is -1.55. The lowest BCUT2D eigenvalue weighted by Crippen LogP contribution is -2.20. The minimum atomic E-state index is -0.840. The third-order valence-electron chi connectivity index (χ3n) is 3.12. The molecular formula is C14H16ClNO3. The van der Waals surface area contributed by atoms with Crippen molar-refractivity contribution in [1.29, 1.82) is 0 Å². The highest BCUT2D eigenvalue weighted by molar-refractivity contribution is 6.41. The summed E-state index contributed by atoms with van der Waals surface area (Å²) in [5.41, 5.74) is 1.19. The molecule has 2 rings (SSSR count). The van der Waals surface area contributed by atoms with E-state index in [1.54, 1.807) is 19.1 Å². The largest absolute Gasteiger partial charge is 0.460 e. The van der Waals surface area contributed by atoms with E-state index >= 15 is 0 Å². The van der Waals surface area contributed by atoms with Crippen LogP contribution in [-0.4, -0.2) is 31.4 Å². The summed E-state index contributed by atoms with van der Waals surface area (Å²) in [6.45, 7) is 3.80. The molecule has 0 bridgehead atoms. The zero-order valence-corrected chi connectivity index (χ0v) is 11.6. The molecule has 1 aromatic rings. The minimum Gasteiger partial charge on any atom is -0.460 e. The van der Waals surface area contributed by atoms with Crippen molar-refractivity contribution in [3.63, 3.8) is 0 Å². The Morgan fingerprint density at radius 1 is 1.32 bits per heavy atom. The standard InChI is InChI=1S/C14H16ClNO3/c1-2-19-14(18)13(17)10-5-6-12(11(15)9-10)16-7-3-4-8-16/h5-6,9H,2-4,7-8H2,1H3. The van der Waals surface area contributed by atoms with Gasteiger partial charge in [-0.1, -0.05) is 11.6 Å². The van der Waals surface area contributed by atoms with Crippen LogP contribution in [0.2, 0.25) is 5.02 Å². The van der Waals surface area contributed by atoms with Gasteiger partial charge in [0.15, 0.2) is 0 Å². The van der Waals surface area contributed by atoms with E-state index < -0.39 is 11.8 Å². The molecule has 0 N–H and O–H groups in total. The first kappa shape index (κ1) is 13.9. The Morgan fingerprint density at radius 3 is 2.58 bits per heavy atom. The summed E-state index contributed by atoms with van der Waals surface area (Å²) in [5.74, 6) is -1.50. The number of rotatable bonds is 4. The van der Waals surface area contributed by atoms with E-state index in [0.717, 1.165) is 31.6 Å². The van der Waals surface area contributed by atoms with Gasteiger partial charge in [-0.05, 0) is 38.0 Å². The summed E-state index contributed by atoms with van der Waals surface area (Å²) >= 11 is 6.19. The maximum Gasteiger partial charge on any atom is 0.379 e. The van der Waals surface area contributed by atoms with E-state index in [0.29, 0.717) is 5.02 Å². The summed E-state index contributed by atoms with van der Waals surface area (Å²) in [5, 5.41) is 0.497.